The molecule has 1 heterocycles. The largest absolute Gasteiger partial charge is 0.484 e. The van der Waals surface area contributed by atoms with Crippen LogP contribution in [-0.4, -0.2) is 10.1 Å². The van der Waals surface area contributed by atoms with Crippen LogP contribution in [0, 0.1) is 0 Å². The second kappa shape index (κ2) is 4.80. The van der Waals surface area contributed by atoms with Crippen molar-refractivity contribution in [3.8, 4) is 5.75 Å². The average Bonchev–Trinajstić information content (AvgIpc) is 3.16. The first-order valence-corrected chi connectivity index (χ1v) is 6.39. The van der Waals surface area contributed by atoms with E-state index in [1.165, 1.54) is 18.4 Å². The highest BCUT2D eigenvalue weighted by Crippen LogP contribution is 2.38. The lowest BCUT2D eigenvalue weighted by atomic mass is 10.2. The molecule has 1 aromatic carbocycles. The van der Waals surface area contributed by atoms with Crippen LogP contribution in [0.5, 0.6) is 5.75 Å². The van der Waals surface area contributed by atoms with Gasteiger partial charge in [-0.25, -0.2) is 0 Å². The third kappa shape index (κ3) is 2.53. The third-order valence-corrected chi connectivity index (χ3v) is 3.10. The van der Waals surface area contributed by atoms with Gasteiger partial charge in [0.2, 0.25) is 0 Å². The van der Waals surface area contributed by atoms with Gasteiger partial charge in [0.25, 0.3) is 5.89 Å². The van der Waals surface area contributed by atoms with Crippen molar-refractivity contribution in [2.24, 2.45) is 0 Å². The lowest BCUT2D eigenvalue weighted by Crippen LogP contribution is -1.96. The summed E-state index contributed by atoms with van der Waals surface area (Å²) in [6.07, 6.45) is 3.36. The Morgan fingerprint density at radius 2 is 2.28 bits per heavy atom. The van der Waals surface area contributed by atoms with Crippen molar-refractivity contribution in [1.29, 1.82) is 0 Å². The Hall–Kier alpha value is -1.84. The molecule has 1 fully saturated rings. The summed E-state index contributed by atoms with van der Waals surface area (Å²) >= 11 is 0. The van der Waals surface area contributed by atoms with E-state index in [2.05, 4.69) is 23.1 Å². The minimum Gasteiger partial charge on any atom is -0.484 e. The Balaban J connectivity index is 1.61. The van der Waals surface area contributed by atoms with Gasteiger partial charge in [-0.1, -0.05) is 24.2 Å². The van der Waals surface area contributed by atoms with Crippen molar-refractivity contribution in [2.75, 3.05) is 0 Å². The lowest BCUT2D eigenvalue weighted by Gasteiger charge is -2.04. The molecule has 3 rings (SSSR count). The van der Waals surface area contributed by atoms with Crippen molar-refractivity contribution in [3.63, 3.8) is 0 Å². The fourth-order valence-electron chi connectivity index (χ4n) is 1.83. The molecule has 1 aromatic heterocycles. The monoisotopic (exact) mass is 244 g/mol. The molecule has 0 bridgehead atoms. The number of ether oxygens (including phenoxy) is 1. The number of hydrogen-bond acceptors (Lipinski definition) is 4. The maximum Gasteiger partial charge on any atom is 0.264 e. The van der Waals surface area contributed by atoms with Gasteiger partial charge in [-0.15, -0.1) is 0 Å². The highest BCUT2D eigenvalue weighted by molar-refractivity contribution is 5.28. The van der Waals surface area contributed by atoms with Crippen LogP contribution in [0.3, 0.4) is 0 Å². The molecule has 0 spiro atoms. The molecule has 4 nitrogen and oxygen atoms in total. The second-order valence-electron chi connectivity index (χ2n) is 4.61. The van der Waals surface area contributed by atoms with Crippen LogP contribution in [0.1, 0.15) is 43.0 Å². The fraction of sp³-hybridized carbons (Fsp3) is 0.429. The van der Waals surface area contributed by atoms with Gasteiger partial charge in [0.1, 0.15) is 5.75 Å². The van der Waals surface area contributed by atoms with E-state index < -0.39 is 0 Å². The second-order valence-corrected chi connectivity index (χ2v) is 4.61. The molecule has 94 valence electrons. The van der Waals surface area contributed by atoms with E-state index in [0.717, 1.165) is 18.0 Å². The van der Waals surface area contributed by atoms with Crippen molar-refractivity contribution in [1.82, 2.24) is 10.1 Å². The van der Waals surface area contributed by atoms with E-state index in [4.69, 9.17) is 9.26 Å². The average molecular weight is 244 g/mol. The molecule has 18 heavy (non-hydrogen) atoms. The van der Waals surface area contributed by atoms with E-state index in [1.807, 2.05) is 18.2 Å². The van der Waals surface area contributed by atoms with Crippen LogP contribution in [-0.2, 0) is 13.0 Å². The van der Waals surface area contributed by atoms with E-state index in [0.29, 0.717) is 18.4 Å². The smallest absolute Gasteiger partial charge is 0.264 e. The highest BCUT2D eigenvalue weighted by Gasteiger charge is 2.28. The topological polar surface area (TPSA) is 48.2 Å². The minimum absolute atomic E-state index is 0.340. The lowest BCUT2D eigenvalue weighted by molar-refractivity contribution is 0.242. The molecule has 0 saturated heterocycles. The minimum atomic E-state index is 0.340. The first-order chi connectivity index (χ1) is 8.85. The van der Waals surface area contributed by atoms with Gasteiger partial charge >= 0.3 is 0 Å². The molecule has 0 radical (unpaired) electrons. The first-order valence-electron chi connectivity index (χ1n) is 6.39. The summed E-state index contributed by atoms with van der Waals surface area (Å²) in [6, 6.07) is 8.07. The number of benzene rings is 1. The van der Waals surface area contributed by atoms with Crippen LogP contribution in [0.2, 0.25) is 0 Å². The number of rotatable bonds is 5. The molecule has 2 aromatic rings. The van der Waals surface area contributed by atoms with Crippen molar-refractivity contribution in [2.45, 2.75) is 38.7 Å². The van der Waals surface area contributed by atoms with Crippen molar-refractivity contribution < 1.29 is 9.26 Å². The number of aromatic nitrogens is 2. The Bertz CT molecular complexity index is 532. The standard InChI is InChI=1S/C14H16N2O2/c1-2-10-4-3-5-12(8-10)17-9-13-15-14(16-18-13)11-6-7-11/h3-5,8,11H,2,6-7,9H2,1H3. The van der Waals surface area contributed by atoms with E-state index in [9.17, 15) is 0 Å². The quantitative estimate of drug-likeness (QED) is 0.811. The van der Waals surface area contributed by atoms with E-state index in [1.54, 1.807) is 0 Å². The first kappa shape index (κ1) is 11.3. The van der Waals surface area contributed by atoms with Crippen LogP contribution in [0.25, 0.3) is 0 Å². The Morgan fingerprint density at radius 3 is 3.06 bits per heavy atom. The number of aryl methyl sites for hydroxylation is 1. The molecule has 1 saturated carbocycles. The summed E-state index contributed by atoms with van der Waals surface area (Å²) in [4.78, 5) is 4.33. The predicted molar refractivity (Wildman–Crippen MR) is 66.4 cm³/mol. The van der Waals surface area contributed by atoms with Gasteiger partial charge in [-0.3, -0.25) is 0 Å². The van der Waals surface area contributed by atoms with Crippen LogP contribution in [0.15, 0.2) is 28.8 Å². The summed E-state index contributed by atoms with van der Waals surface area (Å²) in [5.74, 6) is 2.75. The molecule has 1 aliphatic carbocycles. The molecule has 0 atom stereocenters. The number of nitrogens with zero attached hydrogens (tertiary/aromatic N) is 2. The summed E-state index contributed by atoms with van der Waals surface area (Å²) in [6.45, 7) is 2.46. The third-order valence-electron chi connectivity index (χ3n) is 3.10. The summed E-state index contributed by atoms with van der Waals surface area (Å²) in [5, 5.41) is 3.96. The molecule has 0 amide bonds. The molecule has 0 N–H and O–H groups in total. The Morgan fingerprint density at radius 1 is 1.39 bits per heavy atom. The fourth-order valence-corrected chi connectivity index (χ4v) is 1.83. The maximum atomic E-state index is 5.65. The predicted octanol–water partition coefficient (Wildman–Crippen LogP) is 3.09. The van der Waals surface area contributed by atoms with E-state index in [-0.39, 0.29) is 0 Å². The molecule has 4 heteroatoms. The summed E-state index contributed by atoms with van der Waals surface area (Å²) in [7, 11) is 0. The highest BCUT2D eigenvalue weighted by atomic mass is 16.5. The molecule has 0 aliphatic heterocycles. The van der Waals surface area contributed by atoms with Crippen LogP contribution in [0.4, 0.5) is 0 Å². The van der Waals surface area contributed by atoms with Gasteiger partial charge < -0.3 is 9.26 Å². The maximum absolute atomic E-state index is 5.65. The van der Waals surface area contributed by atoms with Crippen LogP contribution < -0.4 is 4.74 Å². The zero-order valence-corrected chi connectivity index (χ0v) is 10.4. The van der Waals surface area contributed by atoms with Gasteiger partial charge in [0, 0.05) is 5.92 Å². The van der Waals surface area contributed by atoms with Gasteiger partial charge in [-0.05, 0) is 37.0 Å². The van der Waals surface area contributed by atoms with Crippen molar-refractivity contribution in [3.05, 3.63) is 41.5 Å². The zero-order valence-electron chi connectivity index (χ0n) is 10.4. The molecular weight excluding hydrogens is 228 g/mol. The number of hydrogen-bond donors (Lipinski definition) is 0. The van der Waals surface area contributed by atoms with Gasteiger partial charge in [-0.2, -0.15) is 4.98 Å². The summed E-state index contributed by atoms with van der Waals surface area (Å²) in [5.41, 5.74) is 1.26. The molecule has 1 aliphatic rings. The molecular formula is C14H16N2O2. The Kier molecular flexibility index (Phi) is 3.00. The van der Waals surface area contributed by atoms with Gasteiger partial charge in [0.15, 0.2) is 12.4 Å². The van der Waals surface area contributed by atoms with E-state index >= 15 is 0 Å². The van der Waals surface area contributed by atoms with Crippen LogP contribution >= 0.6 is 0 Å². The SMILES string of the molecule is CCc1cccc(OCc2nc(C3CC3)no2)c1. The van der Waals surface area contributed by atoms with Gasteiger partial charge in [0.05, 0.1) is 0 Å². The van der Waals surface area contributed by atoms with Crippen molar-refractivity contribution >= 4 is 0 Å². The Labute approximate surface area is 106 Å². The zero-order chi connectivity index (χ0) is 12.4. The normalized spacial score (nSPS) is 14.7. The molecule has 0 unspecified atom stereocenters. The summed E-state index contributed by atoms with van der Waals surface area (Å²) < 4.78 is 10.8.